The van der Waals surface area contributed by atoms with Gasteiger partial charge in [0.25, 0.3) is 0 Å². The monoisotopic (exact) mass is 291 g/mol. The first kappa shape index (κ1) is 16.2. The lowest BCUT2D eigenvalue weighted by Gasteiger charge is -2.37. The molecule has 0 aliphatic carbocycles. The van der Waals surface area contributed by atoms with Crippen molar-refractivity contribution in [3.05, 3.63) is 24.0 Å². The highest BCUT2D eigenvalue weighted by molar-refractivity contribution is 5.52. The Morgan fingerprint density at radius 2 is 2.00 bits per heavy atom. The van der Waals surface area contributed by atoms with Gasteiger partial charge in [-0.1, -0.05) is 6.92 Å². The molecule has 21 heavy (non-hydrogen) atoms. The Hall–Kier alpha value is -1.17. The average molecular weight is 291 g/mol. The Labute approximate surface area is 128 Å². The van der Waals surface area contributed by atoms with Crippen molar-refractivity contribution in [3.8, 4) is 0 Å². The number of anilines is 1. The van der Waals surface area contributed by atoms with Crippen LogP contribution in [0.3, 0.4) is 0 Å². The normalized spacial score (nSPS) is 16.7. The topological polar surface area (TPSA) is 34.6 Å². The minimum atomic E-state index is 0.926. The molecular formula is C16H29N5. The highest BCUT2D eigenvalue weighted by Crippen LogP contribution is 2.20. The summed E-state index contributed by atoms with van der Waals surface area (Å²) in [6.07, 6.45) is 3.91. The van der Waals surface area contributed by atoms with Crippen molar-refractivity contribution in [1.29, 1.82) is 0 Å². The molecule has 0 unspecified atom stereocenters. The zero-order valence-electron chi connectivity index (χ0n) is 13.7. The second kappa shape index (κ2) is 8.32. The van der Waals surface area contributed by atoms with Gasteiger partial charge >= 0.3 is 0 Å². The van der Waals surface area contributed by atoms with Crippen LogP contribution in [-0.2, 0) is 6.54 Å². The average Bonchev–Trinajstić information content (AvgIpc) is 2.52. The Balaban J connectivity index is 1.89. The highest BCUT2D eigenvalue weighted by atomic mass is 15.3. The van der Waals surface area contributed by atoms with Gasteiger partial charge in [-0.15, -0.1) is 0 Å². The molecule has 1 fully saturated rings. The number of hydrogen-bond donors (Lipinski definition) is 1. The Morgan fingerprint density at radius 3 is 2.67 bits per heavy atom. The summed E-state index contributed by atoms with van der Waals surface area (Å²) >= 11 is 0. The molecule has 5 heteroatoms. The van der Waals surface area contributed by atoms with Gasteiger partial charge in [0.1, 0.15) is 0 Å². The number of aromatic nitrogens is 1. The van der Waals surface area contributed by atoms with Crippen molar-refractivity contribution in [2.45, 2.75) is 13.5 Å². The number of piperazine rings is 1. The highest BCUT2D eigenvalue weighted by Gasteiger charge is 2.19. The van der Waals surface area contributed by atoms with Crippen molar-refractivity contribution < 1.29 is 0 Å². The number of rotatable bonds is 7. The first-order valence-electron chi connectivity index (χ1n) is 7.96. The molecule has 1 aliphatic heterocycles. The molecule has 0 amide bonds. The molecule has 0 spiro atoms. The molecule has 1 saturated heterocycles. The van der Waals surface area contributed by atoms with Gasteiger partial charge in [0.05, 0.1) is 11.9 Å². The van der Waals surface area contributed by atoms with Crippen LogP contribution in [0.4, 0.5) is 5.69 Å². The summed E-state index contributed by atoms with van der Waals surface area (Å²) in [6, 6.07) is 2.14. The van der Waals surface area contributed by atoms with Crippen LogP contribution in [-0.4, -0.2) is 74.7 Å². The first-order valence-corrected chi connectivity index (χ1v) is 7.96. The lowest BCUT2D eigenvalue weighted by atomic mass is 10.2. The summed E-state index contributed by atoms with van der Waals surface area (Å²) in [6.45, 7) is 10.8. The molecule has 5 nitrogen and oxygen atoms in total. The summed E-state index contributed by atoms with van der Waals surface area (Å²) in [4.78, 5) is 11.6. The number of nitrogens with zero attached hydrogens (tertiary/aromatic N) is 4. The van der Waals surface area contributed by atoms with Crippen molar-refractivity contribution in [1.82, 2.24) is 20.1 Å². The predicted octanol–water partition coefficient (Wildman–Crippen LogP) is 0.875. The largest absolute Gasteiger partial charge is 0.367 e. The van der Waals surface area contributed by atoms with E-state index in [1.54, 1.807) is 0 Å². The van der Waals surface area contributed by atoms with Crippen LogP contribution in [0.25, 0.3) is 0 Å². The van der Waals surface area contributed by atoms with E-state index in [0.717, 1.165) is 52.4 Å². The van der Waals surface area contributed by atoms with Gasteiger partial charge in [0, 0.05) is 52.0 Å². The Morgan fingerprint density at radius 1 is 1.24 bits per heavy atom. The third-order valence-corrected chi connectivity index (χ3v) is 4.03. The summed E-state index contributed by atoms with van der Waals surface area (Å²) in [5, 5.41) is 3.42. The van der Waals surface area contributed by atoms with Gasteiger partial charge in [-0.25, -0.2) is 0 Å². The van der Waals surface area contributed by atoms with E-state index in [0.29, 0.717) is 0 Å². The first-order chi connectivity index (χ1) is 10.2. The predicted molar refractivity (Wildman–Crippen MR) is 88.8 cm³/mol. The molecule has 1 aromatic heterocycles. The fourth-order valence-electron chi connectivity index (χ4n) is 2.66. The van der Waals surface area contributed by atoms with Gasteiger partial charge < -0.3 is 15.1 Å². The van der Waals surface area contributed by atoms with E-state index in [2.05, 4.69) is 52.1 Å². The molecule has 2 rings (SSSR count). The van der Waals surface area contributed by atoms with Gasteiger partial charge in [0.2, 0.25) is 0 Å². The van der Waals surface area contributed by atoms with Crippen LogP contribution in [0.15, 0.2) is 18.5 Å². The van der Waals surface area contributed by atoms with E-state index < -0.39 is 0 Å². The van der Waals surface area contributed by atoms with E-state index in [-0.39, 0.29) is 0 Å². The van der Waals surface area contributed by atoms with Gasteiger partial charge in [-0.2, -0.15) is 0 Å². The Bertz CT molecular complexity index is 413. The van der Waals surface area contributed by atoms with E-state index in [1.165, 1.54) is 11.3 Å². The number of pyridine rings is 1. The van der Waals surface area contributed by atoms with Crippen molar-refractivity contribution in [2.75, 3.05) is 64.8 Å². The third kappa shape index (κ3) is 4.95. The van der Waals surface area contributed by atoms with Gasteiger partial charge in [-0.3, -0.25) is 9.88 Å². The van der Waals surface area contributed by atoms with E-state index in [9.17, 15) is 0 Å². The van der Waals surface area contributed by atoms with Crippen LogP contribution in [0.5, 0.6) is 0 Å². The van der Waals surface area contributed by atoms with Crippen LogP contribution in [0, 0.1) is 0 Å². The van der Waals surface area contributed by atoms with Crippen LogP contribution in [0.1, 0.15) is 12.5 Å². The fraction of sp³-hybridized carbons (Fsp3) is 0.688. The van der Waals surface area contributed by atoms with Crippen LogP contribution >= 0.6 is 0 Å². The molecule has 1 N–H and O–H groups in total. The van der Waals surface area contributed by atoms with Crippen LogP contribution < -0.4 is 10.2 Å². The van der Waals surface area contributed by atoms with Gasteiger partial charge in [-0.05, 0) is 32.3 Å². The lowest BCUT2D eigenvalue weighted by molar-refractivity contribution is 0.229. The van der Waals surface area contributed by atoms with Gasteiger partial charge in [0.15, 0.2) is 0 Å². The second-order valence-electron chi connectivity index (χ2n) is 5.92. The molecule has 2 heterocycles. The summed E-state index contributed by atoms with van der Waals surface area (Å²) in [5.74, 6) is 0. The number of nitrogens with one attached hydrogen (secondary N) is 1. The molecule has 0 radical (unpaired) electrons. The summed E-state index contributed by atoms with van der Waals surface area (Å²) < 4.78 is 0. The molecule has 1 aromatic rings. The second-order valence-corrected chi connectivity index (χ2v) is 5.92. The fourth-order valence-corrected chi connectivity index (χ4v) is 2.66. The molecule has 1 aliphatic rings. The van der Waals surface area contributed by atoms with Crippen molar-refractivity contribution in [2.24, 2.45) is 0 Å². The smallest absolute Gasteiger partial charge is 0.0599 e. The summed E-state index contributed by atoms with van der Waals surface area (Å²) in [7, 11) is 4.28. The van der Waals surface area contributed by atoms with E-state index in [4.69, 9.17) is 0 Å². The molecular weight excluding hydrogens is 262 g/mol. The quantitative estimate of drug-likeness (QED) is 0.806. The lowest BCUT2D eigenvalue weighted by Crippen LogP contribution is -2.48. The SMILES string of the molecule is CCNCc1ccncc1N1CCN(CCN(C)C)CC1. The van der Waals surface area contributed by atoms with Crippen molar-refractivity contribution in [3.63, 3.8) is 0 Å². The minimum absolute atomic E-state index is 0.926. The van der Waals surface area contributed by atoms with E-state index >= 15 is 0 Å². The zero-order chi connectivity index (χ0) is 15.1. The maximum atomic E-state index is 4.32. The molecule has 0 atom stereocenters. The number of likely N-dealkylation sites (N-methyl/N-ethyl adjacent to an activating group) is 1. The standard InChI is InChI=1S/C16H29N5/c1-4-17-13-15-5-6-18-14-16(15)21-11-9-20(10-12-21)8-7-19(2)3/h5-6,14,17H,4,7-13H2,1-3H3. The maximum absolute atomic E-state index is 4.32. The Kier molecular flexibility index (Phi) is 6.42. The minimum Gasteiger partial charge on any atom is -0.367 e. The zero-order valence-corrected chi connectivity index (χ0v) is 13.7. The van der Waals surface area contributed by atoms with Crippen LogP contribution in [0.2, 0.25) is 0 Å². The number of hydrogen-bond acceptors (Lipinski definition) is 5. The summed E-state index contributed by atoms with van der Waals surface area (Å²) in [5.41, 5.74) is 2.65. The molecule has 0 saturated carbocycles. The van der Waals surface area contributed by atoms with Crippen molar-refractivity contribution >= 4 is 5.69 Å². The maximum Gasteiger partial charge on any atom is 0.0599 e. The molecule has 0 aromatic carbocycles. The third-order valence-electron chi connectivity index (χ3n) is 4.03. The molecule has 0 bridgehead atoms. The molecule has 118 valence electrons. The van der Waals surface area contributed by atoms with E-state index in [1.807, 2.05) is 12.4 Å².